The van der Waals surface area contributed by atoms with Gasteiger partial charge in [-0.25, -0.2) is 8.42 Å². The summed E-state index contributed by atoms with van der Waals surface area (Å²) in [5.74, 6) is 0.111. The van der Waals surface area contributed by atoms with E-state index in [9.17, 15) is 18.6 Å². The number of nitrogens with zero attached hydrogens (tertiary/aromatic N) is 1. The zero-order valence-electron chi connectivity index (χ0n) is 21.5. The summed E-state index contributed by atoms with van der Waals surface area (Å²) in [4.78, 5) is 2.57. The number of hydrogen-bond acceptors (Lipinski definition) is 5. The molecule has 0 saturated carbocycles. The summed E-state index contributed by atoms with van der Waals surface area (Å²) in [5, 5.41) is 21.5. The quantitative estimate of drug-likeness (QED) is 0.244. The van der Waals surface area contributed by atoms with Gasteiger partial charge < -0.3 is 10.2 Å². The Hall–Kier alpha value is -3.16. The van der Waals surface area contributed by atoms with Crippen LogP contribution in [0.15, 0.2) is 101 Å². The summed E-state index contributed by atoms with van der Waals surface area (Å²) >= 11 is 6.12. The van der Waals surface area contributed by atoms with Crippen LogP contribution in [0.4, 0.5) is 0 Å². The first-order chi connectivity index (χ1) is 18.1. The van der Waals surface area contributed by atoms with Gasteiger partial charge >= 0.3 is 0 Å². The van der Waals surface area contributed by atoms with Gasteiger partial charge in [0, 0.05) is 24.7 Å². The number of phenolic OH excluding ortho intramolecular Hbond substituents is 1. The maximum Gasteiger partial charge on any atom is 0.206 e. The number of phenols is 1. The fourth-order valence-electron chi connectivity index (χ4n) is 4.47. The highest BCUT2D eigenvalue weighted by molar-refractivity contribution is 7.91. The molecule has 1 atom stereocenters. The predicted octanol–water partition coefficient (Wildman–Crippen LogP) is 6.27. The lowest BCUT2D eigenvalue weighted by Gasteiger charge is -2.25. The third-order valence-electron chi connectivity index (χ3n) is 6.64. The molecule has 0 aliphatic heterocycles. The Bertz CT molecular complexity index is 1470. The first-order valence-corrected chi connectivity index (χ1v) is 14.3. The van der Waals surface area contributed by atoms with Crippen molar-refractivity contribution in [2.75, 3.05) is 13.1 Å². The maximum absolute atomic E-state index is 13.2. The SMILES string of the molecule is Cc1cc(S(=O)(=O)c2ccc(CCN(Cc3ccccc3)C[C@@H](O)c3cccc(Cl)c3)cc2)cc(C)c1O. The van der Waals surface area contributed by atoms with E-state index in [4.69, 9.17) is 11.6 Å². The topological polar surface area (TPSA) is 77.8 Å². The highest BCUT2D eigenvalue weighted by atomic mass is 35.5. The molecule has 7 heteroatoms. The van der Waals surface area contributed by atoms with Gasteiger partial charge in [0.25, 0.3) is 0 Å². The highest BCUT2D eigenvalue weighted by Crippen LogP contribution is 2.29. The van der Waals surface area contributed by atoms with Gasteiger partial charge in [0.15, 0.2) is 0 Å². The van der Waals surface area contributed by atoms with Crippen LogP contribution in [-0.4, -0.2) is 36.6 Å². The highest BCUT2D eigenvalue weighted by Gasteiger charge is 2.20. The van der Waals surface area contributed by atoms with Gasteiger partial charge in [-0.15, -0.1) is 0 Å². The Morgan fingerprint density at radius 1 is 0.816 bits per heavy atom. The summed E-state index contributed by atoms with van der Waals surface area (Å²) in [6, 6.07) is 27.3. The van der Waals surface area contributed by atoms with E-state index in [1.807, 2.05) is 42.5 Å². The molecular weight excluding hydrogens is 518 g/mol. The largest absolute Gasteiger partial charge is 0.507 e. The number of hydrogen-bond donors (Lipinski definition) is 2. The zero-order chi connectivity index (χ0) is 27.3. The molecule has 0 spiro atoms. The average molecular weight is 550 g/mol. The van der Waals surface area contributed by atoms with E-state index < -0.39 is 15.9 Å². The van der Waals surface area contributed by atoms with Crippen LogP contribution in [0.25, 0.3) is 0 Å². The van der Waals surface area contributed by atoms with E-state index in [1.54, 1.807) is 38.1 Å². The molecule has 0 aromatic heterocycles. The molecule has 4 aromatic rings. The number of aliphatic hydroxyl groups is 1. The minimum Gasteiger partial charge on any atom is -0.507 e. The number of sulfone groups is 1. The fraction of sp³-hybridized carbons (Fsp3) is 0.226. The van der Waals surface area contributed by atoms with Crippen LogP contribution < -0.4 is 0 Å². The van der Waals surface area contributed by atoms with Crippen LogP contribution >= 0.6 is 11.6 Å². The minimum absolute atomic E-state index is 0.111. The van der Waals surface area contributed by atoms with E-state index in [0.717, 1.165) is 16.7 Å². The Balaban J connectivity index is 1.48. The van der Waals surface area contributed by atoms with Crippen molar-refractivity contribution in [2.24, 2.45) is 0 Å². The second-order valence-electron chi connectivity index (χ2n) is 9.59. The molecule has 2 N–H and O–H groups in total. The van der Waals surface area contributed by atoms with E-state index in [1.165, 1.54) is 12.1 Å². The molecule has 0 unspecified atom stereocenters. The molecule has 5 nitrogen and oxygen atoms in total. The summed E-state index contributed by atoms with van der Waals surface area (Å²) in [5.41, 5.74) is 3.96. The van der Waals surface area contributed by atoms with Gasteiger partial charge in [-0.3, -0.25) is 4.90 Å². The van der Waals surface area contributed by atoms with Crippen molar-refractivity contribution >= 4 is 21.4 Å². The standard InChI is InChI=1S/C31H32ClNO4S/c1-22-17-29(18-23(2)31(22)35)38(36,37)28-13-11-24(12-14-28)15-16-33(20-25-7-4-3-5-8-25)21-30(34)26-9-6-10-27(32)19-26/h3-14,17-19,30,34-35H,15-16,20-21H2,1-2H3/t30-/m1/s1. The second kappa shape index (κ2) is 12.1. The lowest BCUT2D eigenvalue weighted by atomic mass is 10.1. The van der Waals surface area contributed by atoms with Gasteiger partial charge in [-0.1, -0.05) is 66.2 Å². The van der Waals surface area contributed by atoms with Crippen molar-refractivity contribution in [1.29, 1.82) is 0 Å². The molecule has 38 heavy (non-hydrogen) atoms. The van der Waals surface area contributed by atoms with Gasteiger partial charge in [-0.2, -0.15) is 0 Å². The monoisotopic (exact) mass is 549 g/mol. The maximum atomic E-state index is 13.2. The van der Waals surface area contributed by atoms with E-state index in [2.05, 4.69) is 17.0 Å². The van der Waals surface area contributed by atoms with Crippen molar-refractivity contribution in [1.82, 2.24) is 4.90 Å². The van der Waals surface area contributed by atoms with E-state index in [-0.39, 0.29) is 15.5 Å². The third-order valence-corrected chi connectivity index (χ3v) is 8.62. The Morgan fingerprint density at radius 3 is 2.11 bits per heavy atom. The van der Waals surface area contributed by atoms with Gasteiger partial charge in [0.1, 0.15) is 5.75 Å². The Morgan fingerprint density at radius 2 is 1.47 bits per heavy atom. The van der Waals surface area contributed by atoms with Gasteiger partial charge in [-0.05, 0) is 84.5 Å². The molecule has 198 valence electrons. The molecule has 0 radical (unpaired) electrons. The molecule has 0 bridgehead atoms. The average Bonchev–Trinajstić information content (AvgIpc) is 2.91. The molecule has 4 aromatic carbocycles. The van der Waals surface area contributed by atoms with Crippen molar-refractivity contribution in [3.05, 3.63) is 124 Å². The normalized spacial score (nSPS) is 12.6. The lowest BCUT2D eigenvalue weighted by Crippen LogP contribution is -2.30. The van der Waals surface area contributed by atoms with Crippen molar-refractivity contribution < 1.29 is 18.6 Å². The zero-order valence-corrected chi connectivity index (χ0v) is 23.1. The number of benzene rings is 4. The van der Waals surface area contributed by atoms with Crippen LogP contribution in [0.1, 0.15) is 33.9 Å². The molecular formula is C31H32ClNO4S. The molecule has 0 amide bonds. The summed E-state index contributed by atoms with van der Waals surface area (Å²) in [7, 11) is -3.70. The van der Waals surface area contributed by atoms with Gasteiger partial charge in [0.2, 0.25) is 9.84 Å². The summed E-state index contributed by atoms with van der Waals surface area (Å²) in [6.45, 7) is 5.16. The fourth-order valence-corrected chi connectivity index (χ4v) is 6.10. The smallest absolute Gasteiger partial charge is 0.206 e. The first kappa shape index (κ1) is 27.9. The van der Waals surface area contributed by atoms with Crippen LogP contribution in [0.5, 0.6) is 5.75 Å². The molecule has 0 aliphatic rings. The number of aromatic hydroxyl groups is 1. The number of rotatable bonds is 10. The number of aliphatic hydroxyl groups excluding tert-OH is 1. The van der Waals surface area contributed by atoms with Crippen molar-refractivity contribution in [3.8, 4) is 5.75 Å². The van der Waals surface area contributed by atoms with Crippen LogP contribution in [0.3, 0.4) is 0 Å². The summed E-state index contributed by atoms with van der Waals surface area (Å²) in [6.07, 6.45) is -0.00510. The van der Waals surface area contributed by atoms with Gasteiger partial charge in [0.05, 0.1) is 15.9 Å². The number of halogens is 1. The van der Waals surface area contributed by atoms with Crippen LogP contribution in [0.2, 0.25) is 5.02 Å². The molecule has 4 rings (SSSR count). The van der Waals surface area contributed by atoms with Crippen molar-refractivity contribution in [3.63, 3.8) is 0 Å². The lowest BCUT2D eigenvalue weighted by molar-refractivity contribution is 0.109. The third kappa shape index (κ3) is 6.83. The van der Waals surface area contributed by atoms with Crippen LogP contribution in [0, 0.1) is 13.8 Å². The summed E-state index contributed by atoms with van der Waals surface area (Å²) < 4.78 is 26.4. The molecule has 0 saturated heterocycles. The molecule has 0 heterocycles. The second-order valence-corrected chi connectivity index (χ2v) is 12.0. The number of aryl methyl sites for hydroxylation is 2. The Kier molecular flexibility index (Phi) is 8.90. The molecule has 0 fully saturated rings. The van der Waals surface area contributed by atoms with Crippen molar-refractivity contribution in [2.45, 2.75) is 42.7 Å². The molecule has 0 aliphatic carbocycles. The Labute approximate surface area is 229 Å². The van der Waals surface area contributed by atoms with E-state index >= 15 is 0 Å². The van der Waals surface area contributed by atoms with Crippen LogP contribution in [-0.2, 0) is 22.8 Å². The predicted molar refractivity (Wildman–Crippen MR) is 151 cm³/mol. The first-order valence-electron chi connectivity index (χ1n) is 12.5. The van der Waals surface area contributed by atoms with E-state index in [0.29, 0.717) is 42.2 Å². The minimum atomic E-state index is -3.70.